The highest BCUT2D eigenvalue weighted by molar-refractivity contribution is 5.93. The molecule has 0 saturated heterocycles. The molecule has 0 spiro atoms. The summed E-state index contributed by atoms with van der Waals surface area (Å²) >= 11 is 0. The highest BCUT2D eigenvalue weighted by Gasteiger charge is 2.02. The van der Waals surface area contributed by atoms with Crippen LogP contribution in [0.25, 0.3) is 0 Å². The van der Waals surface area contributed by atoms with E-state index in [1.807, 2.05) is 25.1 Å². The predicted molar refractivity (Wildman–Crippen MR) is 49.6 cm³/mol. The van der Waals surface area contributed by atoms with Gasteiger partial charge in [-0.1, -0.05) is 5.92 Å². The summed E-state index contributed by atoms with van der Waals surface area (Å²) in [5.41, 5.74) is 0. The van der Waals surface area contributed by atoms with Crippen LogP contribution in [0.15, 0.2) is 0 Å². The number of rotatable bonds is 2. The minimum Gasteiger partial charge on any atom is -0.322 e. The maximum absolute atomic E-state index is 11.1. The molecule has 0 atom stereocenters. The van der Waals surface area contributed by atoms with E-state index in [4.69, 9.17) is 5.26 Å². The number of amides is 1. The van der Waals surface area contributed by atoms with E-state index in [0.29, 0.717) is 6.54 Å². The molecule has 0 aliphatic carbocycles. The Morgan fingerprint density at radius 3 is 2.38 bits per heavy atom. The summed E-state index contributed by atoms with van der Waals surface area (Å²) in [5.74, 6) is 4.83. The van der Waals surface area contributed by atoms with Crippen LogP contribution in [0.5, 0.6) is 0 Å². The summed E-state index contributed by atoms with van der Waals surface area (Å²) < 4.78 is 0. The van der Waals surface area contributed by atoms with Crippen molar-refractivity contribution in [1.82, 2.24) is 9.80 Å². The zero-order valence-corrected chi connectivity index (χ0v) is 8.16. The molecule has 0 aromatic rings. The Balaban J connectivity index is 3.97. The quantitative estimate of drug-likeness (QED) is 0.425. The van der Waals surface area contributed by atoms with E-state index < -0.39 is 0 Å². The summed E-state index contributed by atoms with van der Waals surface area (Å²) in [6.45, 7) is 0.627. The van der Waals surface area contributed by atoms with Gasteiger partial charge in [0.25, 0.3) is 5.91 Å². The van der Waals surface area contributed by atoms with Gasteiger partial charge < -0.3 is 4.90 Å². The van der Waals surface area contributed by atoms with Crippen LogP contribution in [0.2, 0.25) is 0 Å². The molecule has 4 heteroatoms. The van der Waals surface area contributed by atoms with E-state index >= 15 is 0 Å². The van der Waals surface area contributed by atoms with Crippen LogP contribution in [0.3, 0.4) is 0 Å². The number of hydrogen-bond acceptors (Lipinski definition) is 3. The number of hydrogen-bond donors (Lipinski definition) is 0. The Hall–Kier alpha value is -1.52. The molecule has 0 radical (unpaired) electrons. The van der Waals surface area contributed by atoms with Crippen molar-refractivity contribution in [1.29, 1.82) is 5.26 Å². The molecule has 1 amide bonds. The van der Waals surface area contributed by atoms with Gasteiger partial charge in [0.2, 0.25) is 0 Å². The normalized spacial score (nSPS) is 8.54. The van der Waals surface area contributed by atoms with Gasteiger partial charge in [0.05, 0.1) is 12.6 Å². The monoisotopic (exact) mass is 179 g/mol. The van der Waals surface area contributed by atoms with E-state index in [-0.39, 0.29) is 12.5 Å². The third-order valence-corrected chi connectivity index (χ3v) is 1.25. The molecule has 0 aliphatic heterocycles. The van der Waals surface area contributed by atoms with Gasteiger partial charge in [-0.3, -0.25) is 9.69 Å². The zero-order valence-electron chi connectivity index (χ0n) is 8.16. The van der Waals surface area contributed by atoms with Crippen LogP contribution in [0, 0.1) is 23.2 Å². The molecule has 0 aliphatic rings. The van der Waals surface area contributed by atoms with E-state index in [9.17, 15) is 4.79 Å². The average Bonchev–Trinajstić information content (AvgIpc) is 2.04. The van der Waals surface area contributed by atoms with Crippen molar-refractivity contribution in [3.8, 4) is 17.9 Å². The first-order chi connectivity index (χ1) is 6.07. The van der Waals surface area contributed by atoms with Crippen molar-refractivity contribution in [3.05, 3.63) is 0 Å². The fourth-order valence-electron chi connectivity index (χ4n) is 0.547. The van der Waals surface area contributed by atoms with Crippen molar-refractivity contribution >= 4 is 5.91 Å². The van der Waals surface area contributed by atoms with Crippen molar-refractivity contribution < 1.29 is 4.79 Å². The molecule has 0 rings (SSSR count). The number of nitrogens with zero attached hydrogens (tertiary/aromatic N) is 3. The number of carbonyl (C=O) groups excluding carboxylic acids is 1. The predicted octanol–water partition coefficient (Wildman–Crippen LogP) is -0.467. The van der Waals surface area contributed by atoms with Gasteiger partial charge in [0, 0.05) is 7.05 Å². The van der Waals surface area contributed by atoms with Gasteiger partial charge in [-0.25, -0.2) is 0 Å². The molecule has 0 unspecified atom stereocenters. The minimum atomic E-state index is -0.316. The van der Waals surface area contributed by atoms with Crippen molar-refractivity contribution in [2.45, 2.75) is 0 Å². The first kappa shape index (κ1) is 11.5. The van der Waals surface area contributed by atoms with Gasteiger partial charge in [-0.2, -0.15) is 5.26 Å². The summed E-state index contributed by atoms with van der Waals surface area (Å²) in [6, 6.07) is 1.87. The van der Waals surface area contributed by atoms with Crippen LogP contribution in [-0.2, 0) is 4.79 Å². The van der Waals surface area contributed by atoms with E-state index in [1.165, 1.54) is 4.90 Å². The Morgan fingerprint density at radius 2 is 1.92 bits per heavy atom. The van der Waals surface area contributed by atoms with Crippen LogP contribution in [0.4, 0.5) is 0 Å². The lowest BCUT2D eigenvalue weighted by Crippen LogP contribution is -2.25. The maximum Gasteiger partial charge on any atom is 0.299 e. The Bertz CT molecular complexity index is 267. The second-order valence-corrected chi connectivity index (χ2v) is 2.86. The Kier molecular flexibility index (Phi) is 5.34. The van der Waals surface area contributed by atoms with Crippen LogP contribution >= 0.6 is 0 Å². The molecular weight excluding hydrogens is 166 g/mol. The first-order valence-corrected chi connectivity index (χ1v) is 3.83. The highest BCUT2D eigenvalue weighted by atomic mass is 16.2. The molecular formula is C9H13N3O. The van der Waals surface area contributed by atoms with E-state index in [1.54, 1.807) is 7.05 Å². The van der Waals surface area contributed by atoms with Gasteiger partial charge in [0.15, 0.2) is 0 Å². The number of nitriles is 1. The largest absolute Gasteiger partial charge is 0.322 e. The topological polar surface area (TPSA) is 47.3 Å². The lowest BCUT2D eigenvalue weighted by molar-refractivity contribution is -0.123. The van der Waals surface area contributed by atoms with Crippen LogP contribution < -0.4 is 0 Å². The molecule has 0 aromatic carbocycles. The molecule has 13 heavy (non-hydrogen) atoms. The van der Waals surface area contributed by atoms with Gasteiger partial charge in [0.1, 0.15) is 6.54 Å². The SMILES string of the molecule is CN(C)CC#CC(=O)N(C)CC#N. The third-order valence-electron chi connectivity index (χ3n) is 1.25. The second kappa shape index (κ2) is 6.05. The average molecular weight is 179 g/mol. The maximum atomic E-state index is 11.1. The van der Waals surface area contributed by atoms with Crippen LogP contribution in [-0.4, -0.2) is 49.9 Å². The first-order valence-electron chi connectivity index (χ1n) is 3.83. The van der Waals surface area contributed by atoms with Gasteiger partial charge in [-0.05, 0) is 20.0 Å². The second-order valence-electron chi connectivity index (χ2n) is 2.86. The summed E-state index contributed by atoms with van der Waals surface area (Å²) in [4.78, 5) is 14.2. The van der Waals surface area contributed by atoms with Crippen molar-refractivity contribution in [2.24, 2.45) is 0 Å². The molecule has 0 bridgehead atoms. The van der Waals surface area contributed by atoms with Gasteiger partial charge >= 0.3 is 0 Å². The van der Waals surface area contributed by atoms with Crippen molar-refractivity contribution in [3.63, 3.8) is 0 Å². The molecule has 4 nitrogen and oxygen atoms in total. The van der Waals surface area contributed by atoms with E-state index in [2.05, 4.69) is 11.8 Å². The fraction of sp³-hybridized carbons (Fsp3) is 0.556. The fourth-order valence-corrected chi connectivity index (χ4v) is 0.547. The van der Waals surface area contributed by atoms with Crippen molar-refractivity contribution in [2.75, 3.05) is 34.2 Å². The summed E-state index contributed by atoms with van der Waals surface area (Å²) in [7, 11) is 5.30. The number of carbonyl (C=O) groups is 1. The minimum absolute atomic E-state index is 0.0788. The molecule has 70 valence electrons. The van der Waals surface area contributed by atoms with Gasteiger partial charge in [-0.15, -0.1) is 0 Å². The lowest BCUT2D eigenvalue weighted by Gasteiger charge is -2.07. The Morgan fingerprint density at radius 1 is 1.31 bits per heavy atom. The molecule has 0 N–H and O–H groups in total. The lowest BCUT2D eigenvalue weighted by atomic mass is 10.4. The standard InChI is InChI=1S/C9H13N3O/c1-11(2)7-4-5-9(13)12(3)8-6-10/h7-8H2,1-3H3. The highest BCUT2D eigenvalue weighted by Crippen LogP contribution is 1.81. The molecule has 0 heterocycles. The molecule has 0 aromatic heterocycles. The molecule has 0 saturated carbocycles. The van der Waals surface area contributed by atoms with E-state index in [0.717, 1.165) is 0 Å². The Labute approximate surface area is 78.7 Å². The smallest absolute Gasteiger partial charge is 0.299 e. The molecule has 0 fully saturated rings. The summed E-state index contributed by atoms with van der Waals surface area (Å²) in [6.07, 6.45) is 0. The zero-order chi connectivity index (χ0) is 10.3. The van der Waals surface area contributed by atoms with Crippen LogP contribution in [0.1, 0.15) is 0 Å². The summed E-state index contributed by atoms with van der Waals surface area (Å²) in [5, 5.41) is 8.30. The third kappa shape index (κ3) is 5.72.